The molecule has 0 saturated carbocycles. The van der Waals surface area contributed by atoms with E-state index in [1.807, 2.05) is 0 Å². The average Bonchev–Trinajstić information content (AvgIpc) is 1.39. The molecule has 0 aromatic carbocycles. The van der Waals surface area contributed by atoms with Crippen LogP contribution in [-0.4, -0.2) is 0 Å². The molecule has 0 heterocycles. The molecule has 0 rings (SSSR count). The van der Waals surface area contributed by atoms with Gasteiger partial charge in [0.1, 0.15) is 0 Å². The van der Waals surface area contributed by atoms with Crippen molar-refractivity contribution in [1.29, 1.82) is 10.5 Å². The second-order valence-electron chi connectivity index (χ2n) is 0.447. The van der Waals surface area contributed by atoms with Gasteiger partial charge in [-0.05, 0) is 0 Å². The van der Waals surface area contributed by atoms with E-state index >= 15 is 0 Å². The highest BCUT2D eigenvalue weighted by Crippen LogP contribution is 1.22. The summed E-state index contributed by atoms with van der Waals surface area (Å²) < 4.78 is 0. The molecule has 0 saturated heterocycles. The standard InChI is InChI=1S/2C2H3N.ClH/c2*1-2-3;/h2*1H3;1H/p-1. The minimum Gasteiger partial charge on any atom is -1.00 e. The van der Waals surface area contributed by atoms with E-state index in [0.29, 0.717) is 0 Å². The molecule has 2 nitrogen and oxygen atoms in total. The number of rotatable bonds is 0. The predicted molar refractivity (Wildman–Crippen MR) is 22.6 cm³/mol. The van der Waals surface area contributed by atoms with Crippen molar-refractivity contribution < 1.29 is 12.4 Å². The molecule has 0 radical (unpaired) electrons. The van der Waals surface area contributed by atoms with Gasteiger partial charge in [-0.2, -0.15) is 10.5 Å². The lowest BCUT2D eigenvalue weighted by molar-refractivity contribution is -0.00000200. The maximum absolute atomic E-state index is 7.32. The molecule has 0 aliphatic heterocycles. The van der Waals surface area contributed by atoms with Crippen molar-refractivity contribution in [1.82, 2.24) is 0 Å². The molecule has 0 atom stereocenters. The Morgan fingerprint density at radius 3 is 1.00 bits per heavy atom. The third-order valence-corrected chi connectivity index (χ3v) is 0. The largest absolute Gasteiger partial charge is 1.00 e. The van der Waals surface area contributed by atoms with Gasteiger partial charge >= 0.3 is 0 Å². The number of nitriles is 2. The highest BCUT2D eigenvalue weighted by molar-refractivity contribution is 4.51. The van der Waals surface area contributed by atoms with Gasteiger partial charge in [-0.25, -0.2) is 0 Å². The molecule has 40 valence electrons. The highest BCUT2D eigenvalue weighted by Gasteiger charge is 1.18. The summed E-state index contributed by atoms with van der Waals surface area (Å²) >= 11 is 0. The second-order valence-corrected chi connectivity index (χ2v) is 0.447. The van der Waals surface area contributed by atoms with Crippen LogP contribution in [0.3, 0.4) is 0 Å². The van der Waals surface area contributed by atoms with E-state index in [9.17, 15) is 0 Å². The molecule has 0 spiro atoms. The SMILES string of the molecule is CC#N.CC#N.[Cl-]. The Labute approximate surface area is 49.8 Å². The Kier molecular flexibility index (Phi) is 139. The van der Waals surface area contributed by atoms with E-state index in [1.54, 1.807) is 12.1 Å². The van der Waals surface area contributed by atoms with Crippen LogP contribution in [0.2, 0.25) is 0 Å². The Balaban J connectivity index is -0.0000000400. The van der Waals surface area contributed by atoms with E-state index in [1.165, 1.54) is 13.8 Å². The fourth-order valence-corrected chi connectivity index (χ4v) is 0. The minimum atomic E-state index is 0. The lowest BCUT2D eigenvalue weighted by atomic mass is 11.0. The van der Waals surface area contributed by atoms with Crippen molar-refractivity contribution in [2.45, 2.75) is 13.8 Å². The number of hydrogen-bond acceptors (Lipinski definition) is 2. The molecular formula is C4H6ClN2-. The summed E-state index contributed by atoms with van der Waals surface area (Å²) in [6.07, 6.45) is 0. The first kappa shape index (κ1) is 16.3. The lowest BCUT2D eigenvalue weighted by Gasteiger charge is -1.15. The molecule has 0 aliphatic carbocycles. The van der Waals surface area contributed by atoms with E-state index in [0.717, 1.165) is 0 Å². The minimum absolute atomic E-state index is 0. The molecule has 0 amide bonds. The van der Waals surface area contributed by atoms with Gasteiger partial charge in [-0.1, -0.05) is 0 Å². The molecule has 0 fully saturated rings. The fourth-order valence-electron chi connectivity index (χ4n) is 0. The summed E-state index contributed by atoms with van der Waals surface area (Å²) in [5, 5.41) is 14.6. The smallest absolute Gasteiger partial charge is 0.0587 e. The van der Waals surface area contributed by atoms with Crippen LogP contribution in [0.4, 0.5) is 0 Å². The molecule has 0 aromatic heterocycles. The van der Waals surface area contributed by atoms with Crippen molar-refractivity contribution >= 4 is 0 Å². The molecule has 0 N–H and O–H groups in total. The summed E-state index contributed by atoms with van der Waals surface area (Å²) in [6.45, 7) is 2.86. The molecule has 7 heavy (non-hydrogen) atoms. The van der Waals surface area contributed by atoms with Gasteiger partial charge in [0.2, 0.25) is 0 Å². The molecule has 3 heteroatoms. The first-order chi connectivity index (χ1) is 2.83. The number of halogens is 1. The summed E-state index contributed by atoms with van der Waals surface area (Å²) in [4.78, 5) is 0. The Morgan fingerprint density at radius 1 is 1.00 bits per heavy atom. The van der Waals surface area contributed by atoms with Crippen LogP contribution < -0.4 is 12.4 Å². The molecule has 0 aromatic rings. The summed E-state index contributed by atoms with van der Waals surface area (Å²) in [7, 11) is 0. The summed E-state index contributed by atoms with van der Waals surface area (Å²) in [5.74, 6) is 0. The van der Waals surface area contributed by atoms with Crippen molar-refractivity contribution in [2.75, 3.05) is 0 Å². The zero-order valence-corrected chi connectivity index (χ0v) is 5.03. The predicted octanol–water partition coefficient (Wildman–Crippen LogP) is -1.94. The van der Waals surface area contributed by atoms with E-state index < -0.39 is 0 Å². The number of nitrogens with zero attached hydrogens (tertiary/aromatic N) is 2. The Morgan fingerprint density at radius 2 is 1.00 bits per heavy atom. The monoisotopic (exact) mass is 117 g/mol. The summed E-state index contributed by atoms with van der Waals surface area (Å²) in [5.41, 5.74) is 0. The van der Waals surface area contributed by atoms with Crippen LogP contribution in [0.1, 0.15) is 13.8 Å². The van der Waals surface area contributed by atoms with Gasteiger partial charge in [0.25, 0.3) is 0 Å². The third-order valence-electron chi connectivity index (χ3n) is 0. The van der Waals surface area contributed by atoms with E-state index in [-0.39, 0.29) is 12.4 Å². The van der Waals surface area contributed by atoms with Crippen molar-refractivity contribution in [3.8, 4) is 12.1 Å². The number of hydrogen-bond donors (Lipinski definition) is 0. The zero-order chi connectivity index (χ0) is 5.41. The van der Waals surface area contributed by atoms with Crippen molar-refractivity contribution in [2.24, 2.45) is 0 Å². The topological polar surface area (TPSA) is 47.6 Å². The Bertz CT molecular complexity index is 64.7. The van der Waals surface area contributed by atoms with Crippen molar-refractivity contribution in [3.63, 3.8) is 0 Å². The Hall–Kier alpha value is -0.730. The van der Waals surface area contributed by atoms with Crippen LogP contribution >= 0.6 is 0 Å². The van der Waals surface area contributed by atoms with Crippen LogP contribution in [0, 0.1) is 22.7 Å². The first-order valence-corrected chi connectivity index (χ1v) is 1.45. The van der Waals surface area contributed by atoms with Crippen LogP contribution in [0.25, 0.3) is 0 Å². The van der Waals surface area contributed by atoms with Crippen molar-refractivity contribution in [3.05, 3.63) is 0 Å². The fraction of sp³-hybridized carbons (Fsp3) is 0.500. The summed E-state index contributed by atoms with van der Waals surface area (Å²) in [6, 6.07) is 3.50. The normalized spacial score (nSPS) is 2.29. The van der Waals surface area contributed by atoms with E-state index in [4.69, 9.17) is 10.5 Å². The van der Waals surface area contributed by atoms with Gasteiger partial charge in [0.05, 0.1) is 12.1 Å². The van der Waals surface area contributed by atoms with Crippen LogP contribution in [-0.2, 0) is 0 Å². The molecule has 0 bridgehead atoms. The van der Waals surface area contributed by atoms with Crippen LogP contribution in [0.15, 0.2) is 0 Å². The maximum Gasteiger partial charge on any atom is 0.0587 e. The quantitative estimate of drug-likeness (QED) is 0.371. The maximum atomic E-state index is 7.32. The third kappa shape index (κ3) is 106. The van der Waals surface area contributed by atoms with E-state index in [2.05, 4.69) is 0 Å². The van der Waals surface area contributed by atoms with Crippen LogP contribution in [0.5, 0.6) is 0 Å². The molecular weight excluding hydrogens is 112 g/mol. The zero-order valence-electron chi connectivity index (χ0n) is 4.27. The highest BCUT2D eigenvalue weighted by atomic mass is 35.5. The second kappa shape index (κ2) is 59.6. The van der Waals surface area contributed by atoms with Gasteiger partial charge in [0, 0.05) is 13.8 Å². The average molecular weight is 118 g/mol. The lowest BCUT2D eigenvalue weighted by Crippen LogP contribution is -3.00. The molecule has 0 aliphatic rings. The van der Waals surface area contributed by atoms with Gasteiger partial charge in [0.15, 0.2) is 0 Å². The van der Waals surface area contributed by atoms with Gasteiger partial charge < -0.3 is 12.4 Å². The first-order valence-electron chi connectivity index (χ1n) is 1.45. The van der Waals surface area contributed by atoms with Gasteiger partial charge in [-0.3, -0.25) is 0 Å². The molecule has 0 unspecified atom stereocenters. The van der Waals surface area contributed by atoms with Gasteiger partial charge in [-0.15, -0.1) is 0 Å².